The van der Waals surface area contributed by atoms with Gasteiger partial charge in [-0.3, -0.25) is 0 Å². The predicted molar refractivity (Wildman–Crippen MR) is 204 cm³/mol. The standard InChI is InChI=1S/C44H28N4S/c1-3-14-28(15-4-1)39-42-40(38-30-18-8-7-13-27(30)23-26-36(38)47(42)29-16-5-2-6-17-29)46-44(45-39)48-35-21-11-9-19-31(35)33-24-25-34-32-20-10-12-22-37(32)49-43(34)41(33)48/h1-26,33,41H. The second kappa shape index (κ2) is 10.2. The van der Waals surface area contributed by atoms with Crippen molar-refractivity contribution in [1.82, 2.24) is 14.5 Å². The molecular weight excluding hydrogens is 617 g/mol. The highest BCUT2D eigenvalue weighted by atomic mass is 32.1. The molecule has 9 aromatic rings. The van der Waals surface area contributed by atoms with Crippen LogP contribution in [-0.2, 0) is 0 Å². The number of thiophene rings is 1. The van der Waals surface area contributed by atoms with Crippen molar-refractivity contribution in [3.05, 3.63) is 168 Å². The first-order chi connectivity index (χ1) is 24.3. The molecule has 11 rings (SSSR count). The van der Waals surface area contributed by atoms with Gasteiger partial charge in [-0.25, -0.2) is 9.97 Å². The molecule has 230 valence electrons. The van der Waals surface area contributed by atoms with E-state index >= 15 is 0 Å². The number of rotatable bonds is 3. The number of hydrogen-bond donors (Lipinski definition) is 0. The molecule has 0 saturated carbocycles. The number of nitrogens with zero attached hydrogens (tertiary/aromatic N) is 4. The Bertz CT molecular complexity index is 2790. The molecule has 6 aromatic carbocycles. The van der Waals surface area contributed by atoms with E-state index in [-0.39, 0.29) is 12.0 Å². The average molecular weight is 645 g/mol. The number of fused-ring (bicyclic) bond motifs is 12. The molecule has 0 fully saturated rings. The molecule has 4 heterocycles. The van der Waals surface area contributed by atoms with Gasteiger partial charge >= 0.3 is 0 Å². The fraction of sp³-hybridized carbons (Fsp3) is 0.0455. The molecule has 4 nitrogen and oxygen atoms in total. The third kappa shape index (κ3) is 3.79. The first kappa shape index (κ1) is 27.0. The zero-order valence-electron chi connectivity index (χ0n) is 26.4. The number of para-hydroxylation sites is 2. The Hall–Kier alpha value is -6.04. The molecule has 0 radical (unpaired) electrons. The average Bonchev–Trinajstić information content (AvgIpc) is 3.83. The molecule has 49 heavy (non-hydrogen) atoms. The van der Waals surface area contributed by atoms with Gasteiger partial charge in [-0.1, -0.05) is 127 Å². The van der Waals surface area contributed by atoms with E-state index in [1.807, 2.05) is 11.3 Å². The monoisotopic (exact) mass is 644 g/mol. The van der Waals surface area contributed by atoms with E-state index in [1.54, 1.807) is 0 Å². The summed E-state index contributed by atoms with van der Waals surface area (Å²) in [6, 6.07) is 52.0. The Morgan fingerprint density at radius 2 is 1.37 bits per heavy atom. The van der Waals surface area contributed by atoms with Gasteiger partial charge in [0.1, 0.15) is 11.2 Å². The van der Waals surface area contributed by atoms with E-state index in [2.05, 4.69) is 167 Å². The van der Waals surface area contributed by atoms with Crippen LogP contribution in [0, 0.1) is 0 Å². The van der Waals surface area contributed by atoms with Crippen molar-refractivity contribution in [2.45, 2.75) is 12.0 Å². The topological polar surface area (TPSA) is 34.0 Å². The van der Waals surface area contributed by atoms with Gasteiger partial charge in [0, 0.05) is 43.2 Å². The Morgan fingerprint density at radius 3 is 2.24 bits per heavy atom. The molecule has 0 N–H and O–H groups in total. The fourth-order valence-corrected chi connectivity index (χ4v) is 9.59. The van der Waals surface area contributed by atoms with Gasteiger partial charge in [0.15, 0.2) is 0 Å². The largest absolute Gasteiger partial charge is 0.306 e. The molecule has 0 spiro atoms. The summed E-state index contributed by atoms with van der Waals surface area (Å²) in [6.45, 7) is 0. The Labute approximate surface area is 286 Å². The molecule has 1 aliphatic heterocycles. The van der Waals surface area contributed by atoms with Crippen molar-refractivity contribution in [3.8, 4) is 16.9 Å². The molecule has 2 unspecified atom stereocenters. The minimum absolute atomic E-state index is 0.0510. The van der Waals surface area contributed by atoms with E-state index < -0.39 is 0 Å². The van der Waals surface area contributed by atoms with Crippen LogP contribution in [0.25, 0.3) is 65.8 Å². The Kier molecular flexibility index (Phi) is 5.63. The minimum atomic E-state index is 0.0510. The van der Waals surface area contributed by atoms with Crippen LogP contribution in [0.15, 0.2) is 152 Å². The fourth-order valence-electron chi connectivity index (χ4n) is 8.26. The Morgan fingerprint density at radius 1 is 0.633 bits per heavy atom. The highest BCUT2D eigenvalue weighted by molar-refractivity contribution is 7.19. The predicted octanol–water partition coefficient (Wildman–Crippen LogP) is 11.6. The number of benzene rings is 6. The maximum absolute atomic E-state index is 5.66. The van der Waals surface area contributed by atoms with Gasteiger partial charge in [0.05, 0.1) is 17.1 Å². The van der Waals surface area contributed by atoms with Crippen molar-refractivity contribution in [3.63, 3.8) is 0 Å². The van der Waals surface area contributed by atoms with Crippen LogP contribution in [0.3, 0.4) is 0 Å². The lowest BCUT2D eigenvalue weighted by Crippen LogP contribution is -2.24. The van der Waals surface area contributed by atoms with Crippen LogP contribution in [0.5, 0.6) is 0 Å². The zero-order chi connectivity index (χ0) is 32.1. The first-order valence-corrected chi connectivity index (χ1v) is 17.6. The summed E-state index contributed by atoms with van der Waals surface area (Å²) < 4.78 is 3.67. The van der Waals surface area contributed by atoms with Crippen molar-refractivity contribution >= 4 is 71.8 Å². The summed E-state index contributed by atoms with van der Waals surface area (Å²) in [6.07, 6.45) is 4.74. The van der Waals surface area contributed by atoms with E-state index in [1.165, 1.54) is 42.6 Å². The normalized spacial score (nSPS) is 16.4. The highest BCUT2D eigenvalue weighted by Gasteiger charge is 2.44. The third-order valence-corrected chi connectivity index (χ3v) is 11.6. The number of aromatic nitrogens is 3. The van der Waals surface area contributed by atoms with Crippen molar-refractivity contribution in [1.29, 1.82) is 0 Å². The van der Waals surface area contributed by atoms with Gasteiger partial charge in [0.2, 0.25) is 5.95 Å². The second-order valence-corrected chi connectivity index (χ2v) is 14.0. The summed E-state index contributed by atoms with van der Waals surface area (Å²) in [5.41, 5.74) is 9.98. The molecule has 1 aliphatic carbocycles. The molecule has 2 atom stereocenters. The zero-order valence-corrected chi connectivity index (χ0v) is 27.2. The molecule has 0 bridgehead atoms. The van der Waals surface area contributed by atoms with Gasteiger partial charge in [-0.15, -0.1) is 11.3 Å². The van der Waals surface area contributed by atoms with Gasteiger partial charge < -0.3 is 9.47 Å². The van der Waals surface area contributed by atoms with Gasteiger partial charge in [0.25, 0.3) is 0 Å². The molecule has 2 aliphatic rings. The number of hydrogen-bond acceptors (Lipinski definition) is 4. The SMILES string of the molecule is C1=CC2c3ccccc3N(c3nc(-c4ccccc4)c4c(n3)c3c5ccccc5ccc3n4-c3ccccc3)C2c2sc3ccccc3c21. The Balaban J connectivity index is 1.28. The quantitative estimate of drug-likeness (QED) is 0.192. The number of anilines is 2. The van der Waals surface area contributed by atoms with Crippen LogP contribution in [0.2, 0.25) is 0 Å². The van der Waals surface area contributed by atoms with E-state index in [4.69, 9.17) is 9.97 Å². The molecule has 0 saturated heterocycles. The van der Waals surface area contributed by atoms with E-state index in [0.29, 0.717) is 0 Å². The highest BCUT2D eigenvalue weighted by Crippen LogP contribution is 2.58. The van der Waals surface area contributed by atoms with Crippen LogP contribution in [0.1, 0.15) is 28.0 Å². The molecule has 3 aromatic heterocycles. The first-order valence-electron chi connectivity index (χ1n) is 16.8. The summed E-state index contributed by atoms with van der Waals surface area (Å²) in [5, 5.41) is 4.85. The minimum Gasteiger partial charge on any atom is -0.306 e. The van der Waals surface area contributed by atoms with Gasteiger partial charge in [-0.05, 0) is 52.2 Å². The third-order valence-electron chi connectivity index (χ3n) is 10.3. The lowest BCUT2D eigenvalue weighted by Gasteiger charge is -2.30. The van der Waals surface area contributed by atoms with Crippen LogP contribution >= 0.6 is 11.3 Å². The van der Waals surface area contributed by atoms with Crippen molar-refractivity contribution < 1.29 is 0 Å². The maximum atomic E-state index is 5.66. The second-order valence-electron chi connectivity index (χ2n) is 12.9. The van der Waals surface area contributed by atoms with Crippen LogP contribution in [0.4, 0.5) is 11.6 Å². The molecular formula is C44H28N4S. The smallest absolute Gasteiger partial charge is 0.231 e. The lowest BCUT2D eigenvalue weighted by molar-refractivity contribution is 0.669. The van der Waals surface area contributed by atoms with Crippen molar-refractivity contribution in [2.75, 3.05) is 4.90 Å². The summed E-state index contributed by atoms with van der Waals surface area (Å²) >= 11 is 1.90. The summed E-state index contributed by atoms with van der Waals surface area (Å²) in [7, 11) is 0. The van der Waals surface area contributed by atoms with Crippen LogP contribution in [-0.4, -0.2) is 14.5 Å². The van der Waals surface area contributed by atoms with Crippen LogP contribution < -0.4 is 4.90 Å². The van der Waals surface area contributed by atoms with E-state index in [9.17, 15) is 0 Å². The molecule has 0 amide bonds. The van der Waals surface area contributed by atoms with E-state index in [0.717, 1.165) is 44.8 Å². The van der Waals surface area contributed by atoms with Gasteiger partial charge in [-0.2, -0.15) is 0 Å². The molecule has 5 heteroatoms. The summed E-state index contributed by atoms with van der Waals surface area (Å²) in [4.78, 5) is 15.1. The lowest BCUT2D eigenvalue weighted by atomic mass is 9.87. The maximum Gasteiger partial charge on any atom is 0.231 e. The summed E-state index contributed by atoms with van der Waals surface area (Å²) in [5.74, 6) is 0.924. The van der Waals surface area contributed by atoms with Crippen molar-refractivity contribution in [2.24, 2.45) is 0 Å².